The summed E-state index contributed by atoms with van der Waals surface area (Å²) in [6.45, 7) is 0. The van der Waals surface area contributed by atoms with Crippen LogP contribution in [0.1, 0.15) is 0 Å². The van der Waals surface area contributed by atoms with E-state index in [9.17, 15) is 9.59 Å². The van der Waals surface area contributed by atoms with Gasteiger partial charge in [0.15, 0.2) is 11.6 Å². The van der Waals surface area contributed by atoms with Gasteiger partial charge in [0.05, 0.1) is 31.5 Å². The van der Waals surface area contributed by atoms with E-state index in [0.717, 1.165) is 0 Å². The van der Waals surface area contributed by atoms with Crippen LogP contribution in [0.25, 0.3) is 0 Å². The second-order valence-electron chi connectivity index (χ2n) is 3.94. The molecule has 0 fully saturated rings. The Hall–Kier alpha value is 1.36. The number of thiol groups is 2. The number of hydrogen-bond acceptors (Lipinski definition) is 9. The fraction of sp³-hybridized carbons (Fsp3) is 0.333. The summed E-state index contributed by atoms with van der Waals surface area (Å²) in [6.07, 6.45) is 0. The second-order valence-corrected chi connectivity index (χ2v) is 15.9. The minimum absolute atomic E-state index is 0.126. The summed E-state index contributed by atoms with van der Waals surface area (Å²) < 4.78 is 2.56. The molecule has 2 rings (SSSR count). The second kappa shape index (κ2) is 9.74. The van der Waals surface area contributed by atoms with Crippen LogP contribution in [0.4, 0.5) is 0 Å². The summed E-state index contributed by atoms with van der Waals surface area (Å²) in [4.78, 5) is 23.4. The van der Waals surface area contributed by atoms with Crippen molar-refractivity contribution in [2.45, 2.75) is 0 Å². The molecule has 122 valence electrons. The third-order valence-corrected chi connectivity index (χ3v) is 17.3. The lowest BCUT2D eigenvalue weighted by Gasteiger charge is -2.33. The van der Waals surface area contributed by atoms with Crippen LogP contribution >= 0.6 is 90.2 Å². The molecule has 0 saturated carbocycles. The topological polar surface area (TPSA) is 34.1 Å². The van der Waals surface area contributed by atoms with Crippen LogP contribution in [0.2, 0.25) is 0 Å². The highest BCUT2D eigenvalue weighted by Crippen LogP contribution is 2.83. The zero-order valence-electron chi connectivity index (χ0n) is 11.3. The van der Waals surface area contributed by atoms with Gasteiger partial charge in [-0.3, -0.25) is 9.59 Å². The maximum atomic E-state index is 11.7. The van der Waals surface area contributed by atoms with E-state index >= 15 is 0 Å². The van der Waals surface area contributed by atoms with E-state index in [1.165, 1.54) is 8.47 Å². The van der Waals surface area contributed by atoms with E-state index < -0.39 is 8.09 Å². The smallest absolute Gasteiger partial charge is 0.153 e. The fourth-order valence-corrected chi connectivity index (χ4v) is 16.7. The summed E-state index contributed by atoms with van der Waals surface area (Å²) >= 11 is 13.3. The van der Waals surface area contributed by atoms with Crippen molar-refractivity contribution in [3.63, 3.8) is 0 Å². The molecule has 0 aliphatic carbocycles. The van der Waals surface area contributed by atoms with Crippen molar-refractivity contribution >= 4 is 102 Å². The molecule has 0 atom stereocenters. The molecule has 2 nitrogen and oxygen atoms in total. The number of ketones is 2. The Morgan fingerprint density at radius 3 is 2.00 bits per heavy atom. The lowest BCUT2D eigenvalue weighted by molar-refractivity contribution is -0.115. The number of rotatable bonds is 8. The van der Waals surface area contributed by atoms with Gasteiger partial charge in [0.25, 0.3) is 0 Å². The minimum atomic E-state index is -1.39. The highest BCUT2D eigenvalue weighted by atomic mass is 33.6. The Morgan fingerprint density at radius 2 is 1.50 bits per heavy atom. The molecule has 2 heterocycles. The standard InChI is InChI=1S/C12H14O2S8/c13-9(5-15)7-20-22(21-8-10(14)6-16)4-3-19-12(22)11-17-1-2-18-11/h1-4,15-16H,5-8H2. The highest BCUT2D eigenvalue weighted by molar-refractivity contribution is 9.28. The van der Waals surface area contributed by atoms with Gasteiger partial charge in [0.1, 0.15) is 0 Å². The molecular weight excluding hydrogens is 433 g/mol. The van der Waals surface area contributed by atoms with Crippen molar-refractivity contribution in [1.82, 2.24) is 0 Å². The fourth-order valence-electron chi connectivity index (χ4n) is 1.38. The van der Waals surface area contributed by atoms with Crippen LogP contribution in [0.3, 0.4) is 0 Å². The van der Waals surface area contributed by atoms with Crippen molar-refractivity contribution in [2.75, 3.05) is 23.0 Å². The number of carbonyl (C=O) groups is 2. The van der Waals surface area contributed by atoms with Gasteiger partial charge in [-0.2, -0.15) is 25.3 Å². The molecule has 0 radical (unpaired) electrons. The summed E-state index contributed by atoms with van der Waals surface area (Å²) in [5, 5.41) is 8.42. The van der Waals surface area contributed by atoms with Crippen molar-refractivity contribution in [1.29, 1.82) is 0 Å². The number of Topliss-reactive ketones (excluding diaryl/α,β-unsaturated/α-hetero) is 2. The molecule has 2 aliphatic heterocycles. The van der Waals surface area contributed by atoms with E-state index in [2.05, 4.69) is 46.9 Å². The summed E-state index contributed by atoms with van der Waals surface area (Å²) in [5.41, 5.74) is 0. The van der Waals surface area contributed by atoms with Gasteiger partial charge in [-0.25, -0.2) is 0 Å². The third kappa shape index (κ3) is 5.18. The Bertz CT molecular complexity index is 509. The number of thioether (sulfide) groups is 3. The monoisotopic (exact) mass is 446 g/mol. The van der Waals surface area contributed by atoms with Crippen LogP contribution in [0, 0.1) is 0 Å². The van der Waals surface area contributed by atoms with Gasteiger partial charge in [0, 0.05) is 0 Å². The van der Waals surface area contributed by atoms with E-state index in [1.807, 2.05) is 0 Å². The number of carbonyl (C=O) groups excluding carboxylic acids is 2. The summed E-state index contributed by atoms with van der Waals surface area (Å²) in [6, 6.07) is 0. The van der Waals surface area contributed by atoms with E-state index in [4.69, 9.17) is 0 Å². The summed E-state index contributed by atoms with van der Waals surface area (Å²) in [7, 11) is 1.93. The molecule has 10 heteroatoms. The Labute approximate surface area is 163 Å². The van der Waals surface area contributed by atoms with Gasteiger partial charge in [-0.05, 0) is 21.6 Å². The normalized spacial score (nSPS) is 20.6. The molecule has 2 aliphatic rings. The SMILES string of the molecule is O=C(CS)CSS1(SCC(=O)CS)C=CSC1=C1SC=CS1. The predicted octanol–water partition coefficient (Wildman–Crippen LogP) is 5.38. The maximum Gasteiger partial charge on any atom is 0.153 e. The molecule has 22 heavy (non-hydrogen) atoms. The van der Waals surface area contributed by atoms with Crippen molar-refractivity contribution in [3.8, 4) is 0 Å². The Balaban J connectivity index is 2.19. The highest BCUT2D eigenvalue weighted by Gasteiger charge is 2.36. The molecule has 0 unspecified atom stereocenters. The number of hydrogen-bond donors (Lipinski definition) is 2. The first-order chi connectivity index (χ1) is 10.6. The van der Waals surface area contributed by atoms with Crippen molar-refractivity contribution in [2.24, 2.45) is 0 Å². The lowest BCUT2D eigenvalue weighted by Crippen LogP contribution is -2.06. The molecule has 0 saturated heterocycles. The third-order valence-electron chi connectivity index (χ3n) is 2.38. The largest absolute Gasteiger partial charge is 0.298 e. The van der Waals surface area contributed by atoms with Gasteiger partial charge in [0.2, 0.25) is 0 Å². The van der Waals surface area contributed by atoms with Crippen LogP contribution < -0.4 is 0 Å². The van der Waals surface area contributed by atoms with Crippen molar-refractivity contribution < 1.29 is 9.59 Å². The Morgan fingerprint density at radius 1 is 0.955 bits per heavy atom. The van der Waals surface area contributed by atoms with Crippen LogP contribution in [-0.2, 0) is 9.59 Å². The maximum absolute atomic E-state index is 11.7. The Kier molecular flexibility index (Phi) is 8.72. The van der Waals surface area contributed by atoms with Crippen LogP contribution in [0.5, 0.6) is 0 Å². The molecule has 0 N–H and O–H groups in total. The van der Waals surface area contributed by atoms with E-state index in [1.54, 1.807) is 56.9 Å². The molecule has 0 spiro atoms. The first-order valence-electron chi connectivity index (χ1n) is 6.04. The molecule has 0 amide bonds. The zero-order chi connectivity index (χ0) is 16.0. The average Bonchev–Trinajstić information content (AvgIpc) is 3.19. The summed E-state index contributed by atoms with van der Waals surface area (Å²) in [5.74, 6) is 1.64. The van der Waals surface area contributed by atoms with Gasteiger partial charge < -0.3 is 0 Å². The minimum Gasteiger partial charge on any atom is -0.298 e. The first kappa shape index (κ1) is 19.7. The van der Waals surface area contributed by atoms with Gasteiger partial charge in [-0.1, -0.05) is 65.0 Å². The van der Waals surface area contributed by atoms with Gasteiger partial charge >= 0.3 is 0 Å². The quantitative estimate of drug-likeness (QED) is 0.383. The van der Waals surface area contributed by atoms with E-state index in [0.29, 0.717) is 11.5 Å². The van der Waals surface area contributed by atoms with Crippen LogP contribution in [0.15, 0.2) is 30.1 Å². The average molecular weight is 447 g/mol. The lowest BCUT2D eigenvalue weighted by atomic mass is 10.5. The van der Waals surface area contributed by atoms with Gasteiger partial charge in [-0.15, -0.1) is 0 Å². The molecule has 0 aromatic heterocycles. The van der Waals surface area contributed by atoms with E-state index in [-0.39, 0.29) is 23.1 Å². The molecule has 0 bridgehead atoms. The van der Waals surface area contributed by atoms with Crippen molar-refractivity contribution in [3.05, 3.63) is 30.1 Å². The molecule has 0 aromatic rings. The molecule has 0 aromatic carbocycles. The zero-order valence-corrected chi connectivity index (χ0v) is 18.0. The first-order valence-corrected chi connectivity index (χ1v) is 14.6. The van der Waals surface area contributed by atoms with Crippen LogP contribution in [-0.4, -0.2) is 34.6 Å². The molecular formula is C12H14O2S8. The predicted molar refractivity (Wildman–Crippen MR) is 118 cm³/mol.